The van der Waals surface area contributed by atoms with Crippen molar-refractivity contribution in [1.29, 1.82) is 0 Å². The molecule has 2 aromatic rings. The molecule has 1 aromatic carbocycles. The van der Waals surface area contributed by atoms with Crippen LogP contribution in [0, 0.1) is 11.6 Å². The third-order valence-electron chi connectivity index (χ3n) is 5.18. The molecule has 2 fully saturated rings. The number of morpholine rings is 1. The van der Waals surface area contributed by atoms with E-state index in [0.29, 0.717) is 44.5 Å². The van der Waals surface area contributed by atoms with E-state index in [1.165, 1.54) is 0 Å². The number of sulfone groups is 1. The summed E-state index contributed by atoms with van der Waals surface area (Å²) in [7, 11) is -4.08. The first-order valence-electron chi connectivity index (χ1n) is 8.83. The van der Waals surface area contributed by atoms with Crippen LogP contribution < -0.4 is 4.90 Å². The highest BCUT2D eigenvalue weighted by atomic mass is 35.5. The highest BCUT2D eigenvalue weighted by Crippen LogP contribution is 2.55. The van der Waals surface area contributed by atoms with E-state index in [1.54, 1.807) is 6.07 Å². The van der Waals surface area contributed by atoms with Gasteiger partial charge in [-0.3, -0.25) is 0 Å². The Bertz CT molecular complexity index is 1010. The minimum Gasteiger partial charge on any atom is -0.377 e. The lowest BCUT2D eigenvalue weighted by Crippen LogP contribution is -2.44. The van der Waals surface area contributed by atoms with Crippen LogP contribution in [0.2, 0.25) is 5.28 Å². The van der Waals surface area contributed by atoms with Crippen molar-refractivity contribution in [2.45, 2.75) is 35.4 Å². The van der Waals surface area contributed by atoms with Crippen molar-refractivity contribution in [1.82, 2.24) is 9.97 Å². The Labute approximate surface area is 166 Å². The van der Waals surface area contributed by atoms with Gasteiger partial charge >= 0.3 is 0 Å². The van der Waals surface area contributed by atoms with Gasteiger partial charge in [0.1, 0.15) is 22.2 Å². The van der Waals surface area contributed by atoms with Gasteiger partial charge in [0, 0.05) is 18.7 Å². The van der Waals surface area contributed by atoms with E-state index in [4.69, 9.17) is 16.3 Å². The lowest BCUT2D eigenvalue weighted by atomic mass is 10.2. The van der Waals surface area contributed by atoms with Crippen molar-refractivity contribution in [3.8, 4) is 0 Å². The molecule has 150 valence electrons. The van der Waals surface area contributed by atoms with Gasteiger partial charge in [-0.2, -0.15) is 0 Å². The first kappa shape index (κ1) is 19.5. The van der Waals surface area contributed by atoms with E-state index in [-0.39, 0.29) is 17.0 Å². The summed E-state index contributed by atoms with van der Waals surface area (Å²) >= 11 is 6.10. The lowest BCUT2D eigenvalue weighted by molar-refractivity contribution is 0.0985. The molecule has 0 radical (unpaired) electrons. The molecule has 0 N–H and O–H groups in total. The van der Waals surface area contributed by atoms with Crippen LogP contribution in [-0.4, -0.2) is 44.2 Å². The lowest BCUT2D eigenvalue weighted by Gasteiger charge is -2.34. The zero-order valence-corrected chi connectivity index (χ0v) is 16.6. The summed E-state index contributed by atoms with van der Waals surface area (Å²) in [6.07, 6.45) is 0.581. The number of halogens is 3. The van der Waals surface area contributed by atoms with Crippen molar-refractivity contribution in [3.63, 3.8) is 0 Å². The molecule has 1 atom stereocenters. The molecule has 2 heterocycles. The third-order valence-corrected chi connectivity index (χ3v) is 7.85. The van der Waals surface area contributed by atoms with Crippen LogP contribution in [0.25, 0.3) is 0 Å². The number of hydrogen-bond donors (Lipinski definition) is 0. The molecule has 28 heavy (non-hydrogen) atoms. The Balaban J connectivity index is 1.78. The quantitative estimate of drug-likeness (QED) is 0.695. The Morgan fingerprint density at radius 3 is 2.46 bits per heavy atom. The number of ether oxygens (including phenoxy) is 1. The summed E-state index contributed by atoms with van der Waals surface area (Å²) in [6, 6.07) is 3.93. The van der Waals surface area contributed by atoms with E-state index >= 15 is 0 Å². The average Bonchev–Trinajstić information content (AvgIpc) is 3.43. The van der Waals surface area contributed by atoms with Crippen LogP contribution >= 0.6 is 11.6 Å². The molecule has 6 nitrogen and oxygen atoms in total. The standard InChI is InChI=1S/C18H18ClF2N3O3S/c1-11-10-27-5-4-24(11)16-9-15(22-17(19)23-16)18(2-3-18)28(25,26)14-7-12(20)6-13(21)8-14/h6-9,11H,2-5,10H2,1H3/t11-/m0/s1. The first-order valence-corrected chi connectivity index (χ1v) is 10.7. The van der Waals surface area contributed by atoms with Crippen LogP contribution in [-0.2, 0) is 19.3 Å². The zero-order valence-electron chi connectivity index (χ0n) is 15.0. The second-order valence-corrected chi connectivity index (χ2v) is 9.70. The largest absolute Gasteiger partial charge is 0.377 e. The molecule has 1 saturated carbocycles. The zero-order chi connectivity index (χ0) is 20.1. The molecule has 0 unspecified atom stereocenters. The van der Waals surface area contributed by atoms with E-state index in [2.05, 4.69) is 9.97 Å². The third kappa shape index (κ3) is 3.25. The minimum atomic E-state index is -4.08. The fraction of sp³-hybridized carbons (Fsp3) is 0.444. The summed E-state index contributed by atoms with van der Waals surface area (Å²) in [6.45, 7) is 3.59. The summed E-state index contributed by atoms with van der Waals surface area (Å²) in [5.41, 5.74) is 0.242. The van der Waals surface area contributed by atoms with Crippen molar-refractivity contribution < 1.29 is 21.9 Å². The van der Waals surface area contributed by atoms with Gasteiger partial charge in [-0.25, -0.2) is 27.2 Å². The number of nitrogens with zero attached hydrogens (tertiary/aromatic N) is 3. The number of rotatable bonds is 4. The van der Waals surface area contributed by atoms with Crippen molar-refractivity contribution in [2.24, 2.45) is 0 Å². The molecule has 1 aromatic heterocycles. The van der Waals surface area contributed by atoms with Crippen molar-refractivity contribution in [3.05, 3.63) is 46.9 Å². The number of benzene rings is 1. The van der Waals surface area contributed by atoms with Gasteiger partial charge in [0.2, 0.25) is 5.28 Å². The molecule has 2 aliphatic rings. The predicted molar refractivity (Wildman–Crippen MR) is 99.1 cm³/mol. The maximum absolute atomic E-state index is 13.6. The van der Waals surface area contributed by atoms with Crippen LogP contribution in [0.15, 0.2) is 29.2 Å². The Morgan fingerprint density at radius 2 is 1.86 bits per heavy atom. The number of anilines is 1. The molecule has 0 spiro atoms. The van der Waals surface area contributed by atoms with Crippen LogP contribution in [0.3, 0.4) is 0 Å². The summed E-state index contributed by atoms with van der Waals surface area (Å²) < 4.78 is 57.7. The van der Waals surface area contributed by atoms with Gasteiger partial charge in [0.25, 0.3) is 0 Å². The number of hydrogen-bond acceptors (Lipinski definition) is 6. The molecule has 10 heteroatoms. The number of aromatic nitrogens is 2. The van der Waals surface area contributed by atoms with Gasteiger partial charge in [-0.1, -0.05) is 0 Å². The van der Waals surface area contributed by atoms with Crippen LogP contribution in [0.1, 0.15) is 25.5 Å². The van der Waals surface area contributed by atoms with Gasteiger partial charge in [0.15, 0.2) is 9.84 Å². The molecule has 1 aliphatic carbocycles. The van der Waals surface area contributed by atoms with Crippen LogP contribution in [0.5, 0.6) is 0 Å². The molecule has 1 saturated heterocycles. The monoisotopic (exact) mass is 429 g/mol. The molecule has 4 rings (SSSR count). The maximum atomic E-state index is 13.6. The van der Waals surface area contributed by atoms with Gasteiger partial charge in [-0.15, -0.1) is 0 Å². The van der Waals surface area contributed by atoms with E-state index in [9.17, 15) is 17.2 Å². The highest BCUT2D eigenvalue weighted by Gasteiger charge is 2.58. The Morgan fingerprint density at radius 1 is 1.18 bits per heavy atom. The van der Waals surface area contributed by atoms with Crippen LogP contribution in [0.4, 0.5) is 14.6 Å². The summed E-state index contributed by atoms with van der Waals surface area (Å²) in [5, 5.41) is -0.0712. The summed E-state index contributed by atoms with van der Waals surface area (Å²) in [5.74, 6) is -1.38. The van der Waals surface area contributed by atoms with Crippen molar-refractivity contribution >= 4 is 27.3 Å². The summed E-state index contributed by atoms with van der Waals surface area (Å²) in [4.78, 5) is 9.97. The van der Waals surface area contributed by atoms with E-state index in [1.807, 2.05) is 11.8 Å². The maximum Gasteiger partial charge on any atom is 0.224 e. The smallest absolute Gasteiger partial charge is 0.224 e. The van der Waals surface area contributed by atoms with E-state index in [0.717, 1.165) is 12.1 Å². The van der Waals surface area contributed by atoms with E-state index < -0.39 is 31.1 Å². The van der Waals surface area contributed by atoms with Gasteiger partial charge < -0.3 is 9.64 Å². The second kappa shape index (κ2) is 6.89. The molecule has 0 amide bonds. The van der Waals surface area contributed by atoms with Gasteiger partial charge in [0.05, 0.1) is 29.8 Å². The Hall–Kier alpha value is -1.84. The fourth-order valence-electron chi connectivity index (χ4n) is 3.54. The molecule has 1 aliphatic heterocycles. The molecular weight excluding hydrogens is 412 g/mol. The topological polar surface area (TPSA) is 72.4 Å². The van der Waals surface area contributed by atoms with Gasteiger partial charge in [-0.05, 0) is 43.5 Å². The molecular formula is C18H18ClF2N3O3S. The fourth-order valence-corrected chi connectivity index (χ4v) is 5.72. The SMILES string of the molecule is C[C@H]1COCCN1c1cc(C2(S(=O)(=O)c3cc(F)cc(F)c3)CC2)nc(Cl)n1. The Kier molecular flexibility index (Phi) is 4.79. The van der Waals surface area contributed by atoms with Crippen molar-refractivity contribution in [2.75, 3.05) is 24.7 Å². The molecule has 0 bridgehead atoms. The second-order valence-electron chi connectivity index (χ2n) is 7.10. The highest BCUT2D eigenvalue weighted by molar-refractivity contribution is 7.92. The normalized spacial score (nSPS) is 21.6. The average molecular weight is 430 g/mol. The predicted octanol–water partition coefficient (Wildman–Crippen LogP) is 3.10. The first-order chi connectivity index (χ1) is 13.2. The minimum absolute atomic E-state index is 0.0386.